The normalized spacial score (nSPS) is 19.3. The summed E-state index contributed by atoms with van der Waals surface area (Å²) in [4.78, 5) is 13.1. The van der Waals surface area contributed by atoms with Crippen molar-refractivity contribution in [2.45, 2.75) is 301 Å². The molecule has 1 heterocycles. The molecule has 0 radical (unpaired) electrons. The van der Waals surface area contributed by atoms with E-state index in [9.17, 15) is 30.3 Å². The van der Waals surface area contributed by atoms with Crippen LogP contribution in [0.2, 0.25) is 0 Å². The first-order chi connectivity index (χ1) is 39.8. The molecule has 0 aromatic heterocycles. The van der Waals surface area contributed by atoms with Crippen molar-refractivity contribution in [3.05, 3.63) is 134 Å². The molecule has 1 rings (SSSR count). The number of nitrogens with one attached hydrogen (secondary N) is 1. The Kier molecular flexibility index (Phi) is 55.3. The first kappa shape index (κ1) is 75.3. The maximum atomic E-state index is 13.1. The van der Waals surface area contributed by atoms with Crippen molar-refractivity contribution in [3.63, 3.8) is 0 Å². The largest absolute Gasteiger partial charge is 0.394 e. The second-order valence-corrected chi connectivity index (χ2v) is 22.2. The molecule has 6 N–H and O–H groups in total. The Bertz CT molecular complexity index is 1740. The quantitative estimate of drug-likeness (QED) is 0.0261. The van der Waals surface area contributed by atoms with Crippen molar-refractivity contribution in [2.75, 3.05) is 13.2 Å². The highest BCUT2D eigenvalue weighted by Crippen LogP contribution is 2.23. The Hall–Kier alpha value is -3.67. The van der Waals surface area contributed by atoms with Gasteiger partial charge in [-0.05, 0) is 96.3 Å². The number of amides is 1. The van der Waals surface area contributed by atoms with Gasteiger partial charge in [-0.2, -0.15) is 0 Å². The first-order valence-corrected chi connectivity index (χ1v) is 32.9. The van der Waals surface area contributed by atoms with Gasteiger partial charge in [0.05, 0.1) is 25.4 Å². The van der Waals surface area contributed by atoms with E-state index in [-0.39, 0.29) is 12.5 Å². The Labute approximate surface area is 496 Å². The molecule has 9 heteroatoms. The number of allylic oxidation sites excluding steroid dienone is 21. The van der Waals surface area contributed by atoms with Gasteiger partial charge in [-0.15, -0.1) is 0 Å². The van der Waals surface area contributed by atoms with Gasteiger partial charge >= 0.3 is 0 Å². The Morgan fingerprint density at radius 2 is 0.765 bits per heavy atom. The average molecular weight is 1130 g/mol. The number of aliphatic hydroxyl groups excluding tert-OH is 5. The number of rotatable bonds is 55. The highest BCUT2D eigenvalue weighted by molar-refractivity contribution is 5.76. The van der Waals surface area contributed by atoms with Crippen LogP contribution < -0.4 is 5.32 Å². The Balaban J connectivity index is 2.14. The fourth-order valence-corrected chi connectivity index (χ4v) is 9.60. The van der Waals surface area contributed by atoms with Crippen molar-refractivity contribution in [1.82, 2.24) is 5.32 Å². The topological polar surface area (TPSA) is 149 Å². The number of hydrogen-bond donors (Lipinski definition) is 6. The van der Waals surface area contributed by atoms with Crippen molar-refractivity contribution in [2.24, 2.45) is 0 Å². The van der Waals surface area contributed by atoms with Gasteiger partial charge in [0.2, 0.25) is 5.91 Å². The van der Waals surface area contributed by atoms with Gasteiger partial charge < -0.3 is 40.3 Å². The smallest absolute Gasteiger partial charge is 0.220 e. The van der Waals surface area contributed by atoms with Gasteiger partial charge in [-0.1, -0.05) is 289 Å². The summed E-state index contributed by atoms with van der Waals surface area (Å²) in [5.74, 6) is -0.185. The summed E-state index contributed by atoms with van der Waals surface area (Å²) in [6.07, 6.45) is 83.9. The molecule has 1 fully saturated rings. The minimum Gasteiger partial charge on any atom is -0.394 e. The predicted octanol–water partition coefficient (Wildman–Crippen LogP) is 17.6. The van der Waals surface area contributed by atoms with Crippen LogP contribution in [0.5, 0.6) is 0 Å². The minimum atomic E-state index is -1.57. The molecule has 0 aromatic carbocycles. The van der Waals surface area contributed by atoms with Gasteiger partial charge in [0.25, 0.3) is 0 Å². The molecular weight excluding hydrogens is 1010 g/mol. The zero-order valence-electron chi connectivity index (χ0n) is 51.5. The molecule has 81 heavy (non-hydrogen) atoms. The van der Waals surface area contributed by atoms with Crippen LogP contribution in [-0.2, 0) is 14.3 Å². The van der Waals surface area contributed by atoms with Crippen molar-refractivity contribution < 1.29 is 39.8 Å². The molecule has 0 aliphatic carbocycles. The molecular formula is C72H121NO8. The summed E-state index contributed by atoms with van der Waals surface area (Å²) in [5.41, 5.74) is 0. The number of ether oxygens (including phenoxy) is 2. The van der Waals surface area contributed by atoms with Gasteiger partial charge in [0.1, 0.15) is 24.4 Å². The third-order valence-electron chi connectivity index (χ3n) is 14.7. The second-order valence-electron chi connectivity index (χ2n) is 22.2. The number of carbonyl (C=O) groups excluding carboxylic acids is 1. The van der Waals surface area contributed by atoms with E-state index in [0.29, 0.717) is 6.42 Å². The molecule has 462 valence electrons. The van der Waals surface area contributed by atoms with E-state index < -0.39 is 49.5 Å². The van der Waals surface area contributed by atoms with Crippen LogP contribution in [0.4, 0.5) is 0 Å². The maximum Gasteiger partial charge on any atom is 0.220 e. The van der Waals surface area contributed by atoms with Crippen LogP contribution in [0.15, 0.2) is 134 Å². The molecule has 0 aromatic rings. The number of carbonyl (C=O) groups is 1. The van der Waals surface area contributed by atoms with Crippen LogP contribution in [0.1, 0.15) is 258 Å². The summed E-state index contributed by atoms with van der Waals surface area (Å²) in [5, 5.41) is 54.6. The Morgan fingerprint density at radius 1 is 0.432 bits per heavy atom. The van der Waals surface area contributed by atoms with Crippen molar-refractivity contribution in [3.8, 4) is 0 Å². The van der Waals surface area contributed by atoms with Gasteiger partial charge in [-0.25, -0.2) is 0 Å². The maximum absolute atomic E-state index is 13.1. The van der Waals surface area contributed by atoms with Crippen LogP contribution in [0.25, 0.3) is 0 Å². The van der Waals surface area contributed by atoms with Crippen molar-refractivity contribution in [1.29, 1.82) is 0 Å². The first-order valence-electron chi connectivity index (χ1n) is 32.9. The molecule has 0 saturated carbocycles. The number of unbranched alkanes of at least 4 members (excludes halogenated alkanes) is 25. The fraction of sp³-hybridized carbons (Fsp3) is 0.681. The van der Waals surface area contributed by atoms with Crippen LogP contribution in [0, 0.1) is 0 Å². The monoisotopic (exact) mass is 1130 g/mol. The highest BCUT2D eigenvalue weighted by Gasteiger charge is 2.44. The van der Waals surface area contributed by atoms with Gasteiger partial charge in [0.15, 0.2) is 6.29 Å². The molecule has 7 unspecified atom stereocenters. The molecule has 1 aliphatic rings. The lowest BCUT2D eigenvalue weighted by Gasteiger charge is -2.40. The zero-order chi connectivity index (χ0) is 58.6. The summed E-state index contributed by atoms with van der Waals surface area (Å²) >= 11 is 0. The number of hydrogen-bond acceptors (Lipinski definition) is 8. The third-order valence-corrected chi connectivity index (χ3v) is 14.7. The summed E-state index contributed by atoms with van der Waals surface area (Å²) < 4.78 is 11.3. The predicted molar refractivity (Wildman–Crippen MR) is 345 cm³/mol. The molecule has 7 atom stereocenters. The van der Waals surface area contributed by atoms with E-state index in [1.54, 1.807) is 6.08 Å². The standard InChI is InChI=1S/C72H121NO8/c1-3-5-7-9-11-13-15-17-19-21-22-23-24-25-26-27-28-29-30-31-32-33-34-35-36-37-38-39-40-41-42-43-44-46-48-50-52-54-56-58-60-62-68(76)73-65(64-80-72-71(79)70(78)69(77)67(63-74)81-72)66(75)61-59-57-55-53-51-49-47-45-20-18-16-14-12-10-8-6-4-2/h5,7,11,13,17,19,22-23,25-26,28-29,31-32,34-35,37-38,40-41,59,61,65-67,69-72,74-75,77-79H,3-4,6,8-10,12,14-16,18,20-21,24,27,30,33,36,39,42-58,60,62-64H2,1-2H3,(H,73,76)/b7-5-,13-11-,19-17-,23-22-,26-25-,29-28-,32-31-,35-34-,38-37-,41-40-,61-59+. The lowest BCUT2D eigenvalue weighted by Crippen LogP contribution is -2.60. The molecule has 1 aliphatic heterocycles. The van der Waals surface area contributed by atoms with Crippen LogP contribution in [-0.4, -0.2) is 87.5 Å². The highest BCUT2D eigenvalue weighted by atomic mass is 16.7. The van der Waals surface area contributed by atoms with E-state index in [1.165, 1.54) is 122 Å². The van der Waals surface area contributed by atoms with Gasteiger partial charge in [0, 0.05) is 6.42 Å². The van der Waals surface area contributed by atoms with E-state index in [0.717, 1.165) is 116 Å². The second kappa shape index (κ2) is 59.5. The van der Waals surface area contributed by atoms with Gasteiger partial charge in [-0.3, -0.25) is 4.79 Å². The minimum absolute atomic E-state index is 0.185. The van der Waals surface area contributed by atoms with E-state index in [2.05, 4.69) is 141 Å². The molecule has 9 nitrogen and oxygen atoms in total. The fourth-order valence-electron chi connectivity index (χ4n) is 9.60. The molecule has 1 saturated heterocycles. The third kappa shape index (κ3) is 48.4. The lowest BCUT2D eigenvalue weighted by atomic mass is 9.99. The van der Waals surface area contributed by atoms with Crippen LogP contribution >= 0.6 is 0 Å². The van der Waals surface area contributed by atoms with Crippen LogP contribution in [0.3, 0.4) is 0 Å². The lowest BCUT2D eigenvalue weighted by molar-refractivity contribution is -0.302. The van der Waals surface area contributed by atoms with E-state index >= 15 is 0 Å². The van der Waals surface area contributed by atoms with E-state index in [1.807, 2.05) is 6.08 Å². The zero-order valence-corrected chi connectivity index (χ0v) is 51.5. The van der Waals surface area contributed by atoms with Crippen molar-refractivity contribution >= 4 is 5.91 Å². The average Bonchev–Trinajstić information content (AvgIpc) is 3.49. The summed E-state index contributed by atoms with van der Waals surface area (Å²) in [7, 11) is 0. The number of aliphatic hydroxyl groups is 5. The SMILES string of the molecule is CC/C=C\C/C=C\C/C=C\C/C=C\C/C=C\C/C=C\C/C=C\C/C=C\C/C=C\C/C=C\CCCCCCCCCCCCC(=O)NC(COC1OC(CO)C(O)C(O)C1O)C(O)/C=C/CCCCCCCCCCCCCCCCC. The Morgan fingerprint density at radius 3 is 1.14 bits per heavy atom. The van der Waals surface area contributed by atoms with E-state index in [4.69, 9.17) is 9.47 Å². The summed E-state index contributed by atoms with van der Waals surface area (Å²) in [6, 6.07) is -0.816. The molecule has 0 spiro atoms. The molecule has 0 bridgehead atoms. The summed E-state index contributed by atoms with van der Waals surface area (Å²) in [6.45, 7) is 3.67. The molecule has 1 amide bonds.